The molecule has 2 heterocycles. The minimum atomic E-state index is 0.290. The molecule has 19 heavy (non-hydrogen) atoms. The molecule has 2 fully saturated rings. The number of hydrogen-bond donors (Lipinski definition) is 2. The van der Waals surface area contributed by atoms with Crippen LogP contribution < -0.4 is 5.32 Å². The normalized spacial score (nSPS) is 25.5. The highest BCUT2D eigenvalue weighted by Gasteiger charge is 2.21. The second kappa shape index (κ2) is 7.82. The van der Waals surface area contributed by atoms with Crippen LogP contribution in [0.1, 0.15) is 25.7 Å². The maximum atomic E-state index is 12.1. The largest absolute Gasteiger partial charge is 0.396 e. The van der Waals surface area contributed by atoms with Crippen molar-refractivity contribution in [1.29, 1.82) is 0 Å². The van der Waals surface area contributed by atoms with Crippen molar-refractivity contribution in [3.8, 4) is 0 Å². The molecule has 5 nitrogen and oxygen atoms in total. The van der Waals surface area contributed by atoms with Crippen LogP contribution in [0.4, 0.5) is 0 Å². The maximum Gasteiger partial charge on any atom is 0.223 e. The number of carbonyl (C=O) groups is 1. The van der Waals surface area contributed by atoms with E-state index < -0.39 is 0 Å². The molecule has 0 aromatic rings. The number of piperidine rings is 1. The van der Waals surface area contributed by atoms with Gasteiger partial charge in [-0.15, -0.1) is 0 Å². The summed E-state index contributed by atoms with van der Waals surface area (Å²) in [5.41, 5.74) is 0. The van der Waals surface area contributed by atoms with Crippen molar-refractivity contribution in [1.82, 2.24) is 15.1 Å². The van der Waals surface area contributed by atoms with Gasteiger partial charge in [-0.05, 0) is 31.7 Å². The van der Waals surface area contributed by atoms with E-state index in [-0.39, 0.29) is 6.61 Å². The first-order valence-electron chi connectivity index (χ1n) is 7.61. The lowest BCUT2D eigenvalue weighted by molar-refractivity contribution is -0.132. The number of carbonyl (C=O) groups excluding carboxylic acids is 1. The van der Waals surface area contributed by atoms with E-state index in [2.05, 4.69) is 10.2 Å². The molecule has 0 radical (unpaired) electrons. The summed E-state index contributed by atoms with van der Waals surface area (Å²) >= 11 is 0. The molecule has 0 aliphatic carbocycles. The Balaban J connectivity index is 1.67. The second-order valence-electron chi connectivity index (χ2n) is 5.70. The van der Waals surface area contributed by atoms with E-state index >= 15 is 0 Å². The first-order chi connectivity index (χ1) is 9.29. The van der Waals surface area contributed by atoms with E-state index in [1.807, 2.05) is 4.90 Å². The Hall–Kier alpha value is -0.650. The van der Waals surface area contributed by atoms with E-state index in [4.69, 9.17) is 5.11 Å². The molecular weight excluding hydrogens is 242 g/mol. The van der Waals surface area contributed by atoms with E-state index in [1.165, 1.54) is 12.8 Å². The molecule has 110 valence electrons. The van der Waals surface area contributed by atoms with Crippen molar-refractivity contribution >= 4 is 5.91 Å². The quantitative estimate of drug-likeness (QED) is 0.732. The van der Waals surface area contributed by atoms with Crippen molar-refractivity contribution in [2.45, 2.75) is 25.7 Å². The number of hydrogen-bond acceptors (Lipinski definition) is 4. The lowest BCUT2D eigenvalue weighted by atomic mass is 9.95. The van der Waals surface area contributed by atoms with Gasteiger partial charge in [0, 0.05) is 52.3 Å². The van der Waals surface area contributed by atoms with Crippen LogP contribution in [-0.4, -0.2) is 73.2 Å². The van der Waals surface area contributed by atoms with Gasteiger partial charge in [0.2, 0.25) is 5.91 Å². The van der Waals surface area contributed by atoms with Crippen LogP contribution in [-0.2, 0) is 4.79 Å². The van der Waals surface area contributed by atoms with Crippen LogP contribution in [0, 0.1) is 5.92 Å². The Kier molecular flexibility index (Phi) is 6.07. The van der Waals surface area contributed by atoms with Crippen molar-refractivity contribution in [2.75, 3.05) is 52.4 Å². The zero-order valence-electron chi connectivity index (χ0n) is 11.8. The molecule has 1 unspecified atom stereocenters. The van der Waals surface area contributed by atoms with Crippen molar-refractivity contribution < 1.29 is 9.90 Å². The summed E-state index contributed by atoms with van der Waals surface area (Å²) in [5, 5.41) is 12.3. The van der Waals surface area contributed by atoms with E-state index in [0.717, 1.165) is 52.2 Å². The molecular formula is C14H27N3O2. The predicted octanol–water partition coefficient (Wildman–Crippen LogP) is -0.0973. The van der Waals surface area contributed by atoms with E-state index in [0.29, 0.717) is 18.2 Å². The third-order valence-corrected chi connectivity index (χ3v) is 4.25. The summed E-state index contributed by atoms with van der Waals surface area (Å²) in [6, 6.07) is 0. The topological polar surface area (TPSA) is 55.8 Å². The minimum Gasteiger partial charge on any atom is -0.396 e. The van der Waals surface area contributed by atoms with Gasteiger partial charge in [-0.3, -0.25) is 4.79 Å². The monoisotopic (exact) mass is 269 g/mol. The SMILES string of the molecule is O=C(CCN1CCCC(CCO)C1)N1CCNCC1. The van der Waals surface area contributed by atoms with Crippen LogP contribution >= 0.6 is 0 Å². The number of aliphatic hydroxyl groups excluding tert-OH is 1. The van der Waals surface area contributed by atoms with Crippen LogP contribution in [0.25, 0.3) is 0 Å². The van der Waals surface area contributed by atoms with Crippen molar-refractivity contribution in [3.63, 3.8) is 0 Å². The van der Waals surface area contributed by atoms with Gasteiger partial charge in [-0.2, -0.15) is 0 Å². The van der Waals surface area contributed by atoms with Gasteiger partial charge in [-0.25, -0.2) is 0 Å². The predicted molar refractivity (Wildman–Crippen MR) is 74.9 cm³/mol. The third kappa shape index (κ3) is 4.75. The molecule has 5 heteroatoms. The molecule has 1 amide bonds. The maximum absolute atomic E-state index is 12.1. The lowest BCUT2D eigenvalue weighted by Gasteiger charge is -2.33. The van der Waals surface area contributed by atoms with Crippen LogP contribution in [0.3, 0.4) is 0 Å². The van der Waals surface area contributed by atoms with Gasteiger partial charge in [-0.1, -0.05) is 0 Å². The number of piperazine rings is 1. The van der Waals surface area contributed by atoms with Crippen LogP contribution in [0.5, 0.6) is 0 Å². The molecule has 1 atom stereocenters. The van der Waals surface area contributed by atoms with Crippen LogP contribution in [0.15, 0.2) is 0 Å². The molecule has 0 aromatic carbocycles. The van der Waals surface area contributed by atoms with Gasteiger partial charge >= 0.3 is 0 Å². The summed E-state index contributed by atoms with van der Waals surface area (Å²) in [6.07, 6.45) is 3.98. The summed E-state index contributed by atoms with van der Waals surface area (Å²) in [4.78, 5) is 16.5. The highest BCUT2D eigenvalue weighted by Crippen LogP contribution is 2.19. The number of nitrogens with zero attached hydrogens (tertiary/aromatic N) is 2. The molecule has 2 N–H and O–H groups in total. The summed E-state index contributed by atoms with van der Waals surface area (Å²) < 4.78 is 0. The summed E-state index contributed by atoms with van der Waals surface area (Å²) in [7, 11) is 0. The number of aliphatic hydroxyl groups is 1. The van der Waals surface area contributed by atoms with Gasteiger partial charge in [0.05, 0.1) is 0 Å². The Labute approximate surface area is 115 Å². The van der Waals surface area contributed by atoms with Gasteiger partial charge in [0.15, 0.2) is 0 Å². The van der Waals surface area contributed by atoms with E-state index in [9.17, 15) is 4.79 Å². The average Bonchev–Trinajstić information content (AvgIpc) is 2.46. The molecule has 0 aromatic heterocycles. The average molecular weight is 269 g/mol. The number of nitrogens with one attached hydrogen (secondary N) is 1. The summed E-state index contributed by atoms with van der Waals surface area (Å²) in [6.45, 7) is 6.88. The third-order valence-electron chi connectivity index (χ3n) is 4.25. The standard InChI is InChI=1S/C14H27N3O2/c18-11-4-13-2-1-7-16(12-13)8-3-14(19)17-9-5-15-6-10-17/h13,15,18H,1-12H2. The van der Waals surface area contributed by atoms with Gasteiger partial charge in [0.25, 0.3) is 0 Å². The number of amides is 1. The molecule has 2 rings (SSSR count). The Morgan fingerprint density at radius 2 is 2.05 bits per heavy atom. The smallest absolute Gasteiger partial charge is 0.223 e. The molecule has 0 spiro atoms. The van der Waals surface area contributed by atoms with Gasteiger partial charge in [0.1, 0.15) is 0 Å². The summed E-state index contributed by atoms with van der Waals surface area (Å²) in [5.74, 6) is 0.916. The first kappa shape index (κ1) is 14.8. The van der Waals surface area contributed by atoms with Crippen LogP contribution in [0.2, 0.25) is 0 Å². The first-order valence-corrected chi connectivity index (χ1v) is 7.61. The zero-order chi connectivity index (χ0) is 13.5. The Bertz CT molecular complexity index is 278. The lowest BCUT2D eigenvalue weighted by Crippen LogP contribution is -2.47. The van der Waals surface area contributed by atoms with Crippen molar-refractivity contribution in [2.24, 2.45) is 5.92 Å². The number of likely N-dealkylation sites (tertiary alicyclic amines) is 1. The highest BCUT2D eigenvalue weighted by molar-refractivity contribution is 5.76. The molecule has 2 saturated heterocycles. The Morgan fingerprint density at radius 1 is 1.26 bits per heavy atom. The Morgan fingerprint density at radius 3 is 2.79 bits per heavy atom. The molecule has 0 bridgehead atoms. The zero-order valence-corrected chi connectivity index (χ0v) is 11.8. The fraction of sp³-hybridized carbons (Fsp3) is 0.929. The molecule has 2 aliphatic rings. The second-order valence-corrected chi connectivity index (χ2v) is 5.70. The van der Waals surface area contributed by atoms with E-state index in [1.54, 1.807) is 0 Å². The highest BCUT2D eigenvalue weighted by atomic mass is 16.3. The fourth-order valence-corrected chi connectivity index (χ4v) is 3.10. The fourth-order valence-electron chi connectivity index (χ4n) is 3.10. The van der Waals surface area contributed by atoms with Crippen molar-refractivity contribution in [3.05, 3.63) is 0 Å². The molecule has 2 aliphatic heterocycles. The van der Waals surface area contributed by atoms with Gasteiger partial charge < -0.3 is 20.2 Å². The molecule has 0 saturated carbocycles. The minimum absolute atomic E-state index is 0.290. The number of rotatable bonds is 5.